The van der Waals surface area contributed by atoms with E-state index in [0.29, 0.717) is 24.5 Å². The Hall–Kier alpha value is -2.51. The van der Waals surface area contributed by atoms with Crippen LogP contribution < -0.4 is 5.32 Å². The van der Waals surface area contributed by atoms with Gasteiger partial charge in [0.15, 0.2) is 0 Å². The lowest BCUT2D eigenvalue weighted by Gasteiger charge is -2.24. The molecule has 0 radical (unpaired) electrons. The average molecular weight is 294 g/mol. The Morgan fingerprint density at radius 1 is 1.38 bits per heavy atom. The summed E-state index contributed by atoms with van der Waals surface area (Å²) < 4.78 is 32.8. The van der Waals surface area contributed by atoms with Crippen LogP contribution in [0.3, 0.4) is 0 Å². The predicted octanol–water partition coefficient (Wildman–Crippen LogP) is 1.75. The third-order valence-corrected chi connectivity index (χ3v) is 3.27. The van der Waals surface area contributed by atoms with Gasteiger partial charge in [0, 0.05) is 12.6 Å². The van der Waals surface area contributed by atoms with Gasteiger partial charge in [0.25, 0.3) is 5.82 Å². The van der Waals surface area contributed by atoms with Gasteiger partial charge < -0.3 is 10.1 Å². The van der Waals surface area contributed by atoms with Gasteiger partial charge >= 0.3 is 5.97 Å². The number of ether oxygens (including phenoxy) is 1. The molecule has 1 aromatic heterocycles. The van der Waals surface area contributed by atoms with E-state index in [2.05, 4.69) is 20.1 Å². The highest BCUT2D eigenvalue weighted by molar-refractivity contribution is 5.85. The molecule has 0 saturated carbocycles. The highest BCUT2D eigenvalue weighted by Gasteiger charge is 2.27. The van der Waals surface area contributed by atoms with Crippen LogP contribution in [0.15, 0.2) is 18.2 Å². The number of methoxy groups -OCH3 is 1. The van der Waals surface area contributed by atoms with Gasteiger partial charge in [-0.05, 0) is 24.1 Å². The lowest BCUT2D eigenvalue weighted by molar-refractivity contribution is 0.0586. The third kappa shape index (κ3) is 2.44. The summed E-state index contributed by atoms with van der Waals surface area (Å²) in [5.41, 5.74) is 0.441. The topological polar surface area (TPSA) is 69.0 Å². The molecule has 1 aliphatic rings. The largest absolute Gasteiger partial charge is 0.463 e. The van der Waals surface area contributed by atoms with Gasteiger partial charge in [-0.1, -0.05) is 0 Å². The SMILES string of the molecule is COC(=O)c1nc2n(n1)C(c1cc(F)cc(F)c1)CCN2. The average Bonchev–Trinajstić information content (AvgIpc) is 2.89. The van der Waals surface area contributed by atoms with Crippen molar-refractivity contribution in [3.05, 3.63) is 41.2 Å². The second-order valence-corrected chi connectivity index (χ2v) is 4.63. The molecule has 0 bridgehead atoms. The number of esters is 1. The van der Waals surface area contributed by atoms with Gasteiger partial charge in [-0.25, -0.2) is 18.3 Å². The van der Waals surface area contributed by atoms with Crippen LogP contribution in [0.25, 0.3) is 0 Å². The number of benzene rings is 1. The van der Waals surface area contributed by atoms with Crippen molar-refractivity contribution >= 4 is 11.9 Å². The number of aromatic nitrogens is 3. The summed E-state index contributed by atoms with van der Waals surface area (Å²) in [5.74, 6) is -1.69. The van der Waals surface area contributed by atoms with Crippen LogP contribution >= 0.6 is 0 Å². The predicted molar refractivity (Wildman–Crippen MR) is 69.0 cm³/mol. The number of hydrogen-bond donors (Lipinski definition) is 1. The Balaban J connectivity index is 2.03. The maximum atomic E-state index is 13.4. The van der Waals surface area contributed by atoms with Gasteiger partial charge in [-0.15, -0.1) is 5.10 Å². The van der Waals surface area contributed by atoms with Crippen molar-refractivity contribution in [1.82, 2.24) is 14.8 Å². The molecular formula is C13H12F2N4O2. The molecule has 0 fully saturated rings. The second kappa shape index (κ2) is 5.12. The van der Waals surface area contributed by atoms with Crippen LogP contribution in [0, 0.1) is 11.6 Å². The maximum Gasteiger partial charge on any atom is 0.378 e. The quantitative estimate of drug-likeness (QED) is 0.855. The van der Waals surface area contributed by atoms with Crippen molar-refractivity contribution in [2.45, 2.75) is 12.5 Å². The van der Waals surface area contributed by atoms with Crippen molar-refractivity contribution in [1.29, 1.82) is 0 Å². The zero-order valence-electron chi connectivity index (χ0n) is 11.1. The minimum absolute atomic E-state index is 0.0937. The highest BCUT2D eigenvalue weighted by atomic mass is 19.1. The summed E-state index contributed by atoms with van der Waals surface area (Å²) in [5, 5.41) is 7.05. The molecule has 3 rings (SSSR count). The molecule has 1 N–H and O–H groups in total. The molecule has 8 heteroatoms. The van der Waals surface area contributed by atoms with E-state index < -0.39 is 23.6 Å². The molecule has 2 heterocycles. The van der Waals surface area contributed by atoms with E-state index >= 15 is 0 Å². The van der Waals surface area contributed by atoms with E-state index in [1.54, 1.807) is 0 Å². The molecule has 1 aromatic carbocycles. The third-order valence-electron chi connectivity index (χ3n) is 3.27. The van der Waals surface area contributed by atoms with Crippen molar-refractivity contribution in [2.24, 2.45) is 0 Å². The van der Waals surface area contributed by atoms with Crippen molar-refractivity contribution in [3.8, 4) is 0 Å². The lowest BCUT2D eigenvalue weighted by Crippen LogP contribution is -2.25. The van der Waals surface area contributed by atoms with E-state index in [9.17, 15) is 13.6 Å². The summed E-state index contributed by atoms with van der Waals surface area (Å²) in [4.78, 5) is 15.5. The minimum atomic E-state index is -0.664. The smallest absolute Gasteiger partial charge is 0.378 e. The zero-order valence-corrected chi connectivity index (χ0v) is 11.1. The number of halogens is 2. The Morgan fingerprint density at radius 2 is 2.10 bits per heavy atom. The molecular weight excluding hydrogens is 282 g/mol. The molecule has 110 valence electrons. The van der Waals surface area contributed by atoms with Crippen molar-refractivity contribution < 1.29 is 18.3 Å². The number of carbonyl (C=O) groups is 1. The molecule has 0 saturated heterocycles. The van der Waals surface area contributed by atoms with Crippen LogP contribution in [0.2, 0.25) is 0 Å². The van der Waals surface area contributed by atoms with Crippen LogP contribution in [-0.4, -0.2) is 34.4 Å². The highest BCUT2D eigenvalue weighted by Crippen LogP contribution is 2.29. The number of carbonyl (C=O) groups excluding carboxylic acids is 1. The standard InChI is InChI=1S/C13H12F2N4O2/c1-21-12(20)11-17-13-16-3-2-10(19(13)18-11)7-4-8(14)6-9(15)5-7/h4-6,10H,2-3H2,1H3,(H,16,17,18). The Bertz CT molecular complexity index is 681. The van der Waals surface area contributed by atoms with Crippen LogP contribution in [-0.2, 0) is 4.74 Å². The first kappa shape index (κ1) is 13.5. The van der Waals surface area contributed by atoms with Gasteiger partial charge in [0.2, 0.25) is 5.95 Å². The van der Waals surface area contributed by atoms with Gasteiger partial charge in [-0.2, -0.15) is 4.98 Å². The minimum Gasteiger partial charge on any atom is -0.463 e. The van der Waals surface area contributed by atoms with Crippen molar-refractivity contribution in [2.75, 3.05) is 19.0 Å². The first-order valence-corrected chi connectivity index (χ1v) is 6.33. The normalized spacial score (nSPS) is 17.0. The van der Waals surface area contributed by atoms with E-state index in [1.807, 2.05) is 0 Å². The monoisotopic (exact) mass is 294 g/mol. The molecule has 0 aliphatic carbocycles. The Labute approximate surface area is 118 Å². The number of nitrogens with one attached hydrogen (secondary N) is 1. The summed E-state index contributed by atoms with van der Waals surface area (Å²) in [6.07, 6.45) is 0.569. The fraction of sp³-hybridized carbons (Fsp3) is 0.308. The fourth-order valence-corrected chi connectivity index (χ4v) is 2.36. The van der Waals surface area contributed by atoms with Gasteiger partial charge in [0.05, 0.1) is 13.2 Å². The van der Waals surface area contributed by atoms with E-state index in [1.165, 1.54) is 23.9 Å². The number of hydrogen-bond acceptors (Lipinski definition) is 5. The van der Waals surface area contributed by atoms with Gasteiger partial charge in [-0.3, -0.25) is 0 Å². The zero-order chi connectivity index (χ0) is 15.0. The summed E-state index contributed by atoms with van der Waals surface area (Å²) >= 11 is 0. The first-order chi connectivity index (χ1) is 10.1. The van der Waals surface area contributed by atoms with Crippen LogP contribution in [0.1, 0.15) is 28.6 Å². The molecule has 21 heavy (non-hydrogen) atoms. The molecule has 6 nitrogen and oxygen atoms in total. The summed E-state index contributed by atoms with van der Waals surface area (Å²) in [7, 11) is 1.23. The first-order valence-electron chi connectivity index (χ1n) is 6.33. The van der Waals surface area contributed by atoms with Crippen LogP contribution in [0.5, 0.6) is 0 Å². The number of rotatable bonds is 2. The Kier molecular flexibility index (Phi) is 3.28. The summed E-state index contributed by atoms with van der Waals surface area (Å²) in [6, 6.07) is 2.93. The molecule has 1 unspecified atom stereocenters. The number of anilines is 1. The van der Waals surface area contributed by atoms with E-state index in [4.69, 9.17) is 0 Å². The molecule has 1 aliphatic heterocycles. The van der Waals surface area contributed by atoms with E-state index in [0.717, 1.165) is 6.07 Å². The molecule has 2 aromatic rings. The second-order valence-electron chi connectivity index (χ2n) is 4.63. The van der Waals surface area contributed by atoms with E-state index in [-0.39, 0.29) is 5.82 Å². The van der Waals surface area contributed by atoms with Gasteiger partial charge in [0.1, 0.15) is 11.6 Å². The Morgan fingerprint density at radius 3 is 2.76 bits per heavy atom. The summed E-state index contributed by atoms with van der Waals surface area (Å²) in [6.45, 7) is 0.558. The fourth-order valence-electron chi connectivity index (χ4n) is 2.36. The maximum absolute atomic E-state index is 13.4. The lowest BCUT2D eigenvalue weighted by atomic mass is 10.0. The molecule has 0 amide bonds. The van der Waals surface area contributed by atoms with Crippen molar-refractivity contribution in [3.63, 3.8) is 0 Å². The van der Waals surface area contributed by atoms with Crippen LogP contribution in [0.4, 0.5) is 14.7 Å². The molecule has 0 spiro atoms. The molecule has 1 atom stereocenters. The number of fused-ring (bicyclic) bond motifs is 1. The number of nitrogens with zero attached hydrogens (tertiary/aromatic N) is 3.